The molecule has 1 aromatic carbocycles. The van der Waals surface area contributed by atoms with Crippen LogP contribution in [-0.2, 0) is 7.05 Å². The molecule has 1 unspecified atom stereocenters. The van der Waals surface area contributed by atoms with E-state index in [2.05, 4.69) is 20.8 Å². The minimum atomic E-state index is -0.390. The van der Waals surface area contributed by atoms with Crippen molar-refractivity contribution in [2.24, 2.45) is 7.05 Å². The highest BCUT2D eigenvalue weighted by Gasteiger charge is 2.42. The molecular weight excluding hydrogens is 316 g/mol. The molecule has 5 nitrogen and oxygen atoms in total. The van der Waals surface area contributed by atoms with E-state index in [1.54, 1.807) is 31.3 Å². The van der Waals surface area contributed by atoms with Gasteiger partial charge in [-0.3, -0.25) is 14.5 Å². The molecule has 1 aliphatic rings. The molecule has 0 fully saturated rings. The summed E-state index contributed by atoms with van der Waals surface area (Å²) in [5.41, 5.74) is 1.70. The van der Waals surface area contributed by atoms with Crippen LogP contribution >= 0.6 is 0 Å². The molecule has 0 saturated carbocycles. The number of anilines is 1. The highest BCUT2D eigenvalue weighted by Crippen LogP contribution is 2.48. The molecule has 5 heteroatoms. The largest absolute Gasteiger partial charge is 0.495 e. The van der Waals surface area contributed by atoms with Crippen LogP contribution in [0.25, 0.3) is 0 Å². The molecule has 0 saturated heterocycles. The fourth-order valence-corrected chi connectivity index (χ4v) is 3.78. The van der Waals surface area contributed by atoms with Crippen LogP contribution in [0, 0.1) is 0 Å². The first-order chi connectivity index (χ1) is 11.8. The van der Waals surface area contributed by atoms with Crippen molar-refractivity contribution in [1.82, 2.24) is 4.57 Å². The second-order valence-corrected chi connectivity index (χ2v) is 7.32. The summed E-state index contributed by atoms with van der Waals surface area (Å²) in [6.45, 7) is 6.27. The van der Waals surface area contributed by atoms with Crippen LogP contribution < -0.4 is 15.2 Å². The zero-order chi connectivity index (χ0) is 18.4. The number of hydrogen-bond donors (Lipinski definition) is 0. The lowest BCUT2D eigenvalue weighted by atomic mass is 9.79. The van der Waals surface area contributed by atoms with E-state index in [9.17, 15) is 9.59 Å². The number of rotatable bonds is 2. The monoisotopic (exact) mass is 340 g/mol. The van der Waals surface area contributed by atoms with Crippen molar-refractivity contribution in [3.05, 3.63) is 58.0 Å². The number of methoxy groups -OCH3 is 1. The Morgan fingerprint density at radius 3 is 2.64 bits per heavy atom. The minimum Gasteiger partial charge on any atom is -0.495 e. The van der Waals surface area contributed by atoms with Gasteiger partial charge < -0.3 is 9.30 Å². The molecule has 0 N–H and O–H groups in total. The van der Waals surface area contributed by atoms with E-state index in [1.165, 1.54) is 10.6 Å². The SMILES string of the molecule is COc1cccc2c1N(C(=O)c1ccn(C)c(=O)c1)C(C)(C)CC2C. The van der Waals surface area contributed by atoms with Crippen molar-refractivity contribution in [3.63, 3.8) is 0 Å². The molecule has 3 rings (SSSR count). The molecule has 1 aliphatic heterocycles. The highest BCUT2D eigenvalue weighted by atomic mass is 16.5. The maximum atomic E-state index is 13.3. The molecule has 1 aromatic heterocycles. The van der Waals surface area contributed by atoms with Gasteiger partial charge in [-0.15, -0.1) is 0 Å². The standard InChI is InChI=1S/C20H24N2O3/c1-13-12-20(2,3)22(18-15(13)7-6-8-16(18)25-5)19(24)14-9-10-21(4)17(23)11-14/h6-11,13H,12H2,1-5H3. The van der Waals surface area contributed by atoms with Gasteiger partial charge in [-0.1, -0.05) is 19.1 Å². The number of aryl methyl sites for hydroxylation is 1. The second kappa shape index (κ2) is 6.06. The molecular formula is C20H24N2O3. The maximum Gasteiger partial charge on any atom is 0.259 e. The average Bonchev–Trinajstić information content (AvgIpc) is 2.56. The van der Waals surface area contributed by atoms with Crippen LogP contribution in [0.15, 0.2) is 41.3 Å². The number of hydrogen-bond acceptors (Lipinski definition) is 3. The Balaban J connectivity index is 2.20. The van der Waals surface area contributed by atoms with E-state index in [4.69, 9.17) is 4.74 Å². The number of carbonyl (C=O) groups excluding carboxylic acids is 1. The molecule has 2 heterocycles. The Morgan fingerprint density at radius 2 is 2.00 bits per heavy atom. The number of nitrogens with zero attached hydrogens (tertiary/aromatic N) is 2. The molecule has 1 amide bonds. The first-order valence-corrected chi connectivity index (χ1v) is 8.44. The molecule has 25 heavy (non-hydrogen) atoms. The third-order valence-corrected chi connectivity index (χ3v) is 4.97. The van der Waals surface area contributed by atoms with Crippen LogP contribution in [0.2, 0.25) is 0 Å². The van der Waals surface area contributed by atoms with Crippen molar-refractivity contribution < 1.29 is 9.53 Å². The summed E-state index contributed by atoms with van der Waals surface area (Å²) in [5.74, 6) is 0.808. The molecule has 132 valence electrons. The lowest BCUT2D eigenvalue weighted by Gasteiger charge is -2.46. The smallest absolute Gasteiger partial charge is 0.259 e. The van der Waals surface area contributed by atoms with Crippen molar-refractivity contribution in [2.75, 3.05) is 12.0 Å². The highest BCUT2D eigenvalue weighted by molar-refractivity contribution is 6.08. The zero-order valence-corrected chi connectivity index (χ0v) is 15.4. The Morgan fingerprint density at radius 1 is 1.28 bits per heavy atom. The number of pyridine rings is 1. The predicted molar refractivity (Wildman–Crippen MR) is 98.6 cm³/mol. The summed E-state index contributed by atoms with van der Waals surface area (Å²) in [4.78, 5) is 27.1. The van der Waals surface area contributed by atoms with Gasteiger partial charge in [0.05, 0.1) is 12.8 Å². The summed E-state index contributed by atoms with van der Waals surface area (Å²) in [6.07, 6.45) is 2.46. The molecule has 0 spiro atoms. The van der Waals surface area contributed by atoms with Gasteiger partial charge in [-0.2, -0.15) is 0 Å². The number of ether oxygens (including phenoxy) is 1. The zero-order valence-electron chi connectivity index (χ0n) is 15.4. The number of aromatic nitrogens is 1. The molecule has 0 aliphatic carbocycles. The maximum absolute atomic E-state index is 13.3. The van der Waals surface area contributed by atoms with E-state index >= 15 is 0 Å². The van der Waals surface area contributed by atoms with Crippen LogP contribution in [0.4, 0.5) is 5.69 Å². The third kappa shape index (κ3) is 2.84. The molecule has 0 bridgehead atoms. The number of carbonyl (C=O) groups is 1. The van der Waals surface area contributed by atoms with Gasteiger partial charge in [-0.05, 0) is 43.9 Å². The van der Waals surface area contributed by atoms with Gasteiger partial charge >= 0.3 is 0 Å². The quantitative estimate of drug-likeness (QED) is 0.843. The van der Waals surface area contributed by atoms with E-state index < -0.39 is 0 Å². The Hall–Kier alpha value is -2.56. The van der Waals surface area contributed by atoms with E-state index in [0.29, 0.717) is 17.2 Å². The van der Waals surface area contributed by atoms with Crippen LogP contribution in [0.5, 0.6) is 5.75 Å². The lowest BCUT2D eigenvalue weighted by molar-refractivity contribution is 0.0952. The summed E-state index contributed by atoms with van der Waals surface area (Å²) in [5, 5.41) is 0. The van der Waals surface area contributed by atoms with Gasteiger partial charge in [0, 0.05) is 30.4 Å². The van der Waals surface area contributed by atoms with Crippen molar-refractivity contribution >= 4 is 11.6 Å². The fraction of sp³-hybridized carbons (Fsp3) is 0.400. The van der Waals surface area contributed by atoms with Gasteiger partial charge in [0.1, 0.15) is 5.75 Å². The summed E-state index contributed by atoms with van der Waals surface area (Å²) in [6, 6.07) is 8.95. The van der Waals surface area contributed by atoms with Crippen LogP contribution in [0.1, 0.15) is 49.0 Å². The van der Waals surface area contributed by atoms with Gasteiger partial charge in [-0.25, -0.2) is 0 Å². The van der Waals surface area contributed by atoms with Crippen molar-refractivity contribution in [3.8, 4) is 5.75 Å². The van der Waals surface area contributed by atoms with Gasteiger partial charge in [0.25, 0.3) is 11.5 Å². The normalized spacial score (nSPS) is 18.6. The number of para-hydroxylation sites is 1. The summed E-state index contributed by atoms with van der Waals surface area (Å²) < 4.78 is 7.01. The first kappa shape index (κ1) is 17.3. The molecule has 1 atom stereocenters. The van der Waals surface area contributed by atoms with Gasteiger partial charge in [0.2, 0.25) is 0 Å². The van der Waals surface area contributed by atoms with E-state index in [-0.39, 0.29) is 17.0 Å². The number of benzene rings is 1. The average molecular weight is 340 g/mol. The summed E-state index contributed by atoms with van der Waals surface area (Å²) in [7, 11) is 3.28. The Labute approximate surface area is 147 Å². The van der Waals surface area contributed by atoms with E-state index in [0.717, 1.165) is 17.7 Å². The lowest BCUT2D eigenvalue weighted by Crippen LogP contribution is -2.52. The first-order valence-electron chi connectivity index (χ1n) is 8.44. The predicted octanol–water partition coefficient (Wildman–Crippen LogP) is 3.33. The van der Waals surface area contributed by atoms with Gasteiger partial charge in [0.15, 0.2) is 0 Å². The Bertz CT molecular complexity index is 883. The fourth-order valence-electron chi connectivity index (χ4n) is 3.78. The van der Waals surface area contributed by atoms with Crippen LogP contribution in [-0.4, -0.2) is 23.1 Å². The van der Waals surface area contributed by atoms with Crippen LogP contribution in [0.3, 0.4) is 0 Å². The molecule has 2 aromatic rings. The number of amides is 1. The minimum absolute atomic E-state index is 0.180. The number of fused-ring (bicyclic) bond motifs is 1. The molecule has 0 radical (unpaired) electrons. The second-order valence-electron chi connectivity index (χ2n) is 7.32. The van der Waals surface area contributed by atoms with Crippen molar-refractivity contribution in [1.29, 1.82) is 0 Å². The topological polar surface area (TPSA) is 51.5 Å². The summed E-state index contributed by atoms with van der Waals surface area (Å²) >= 11 is 0. The van der Waals surface area contributed by atoms with E-state index in [1.807, 2.05) is 18.2 Å². The van der Waals surface area contributed by atoms with Crippen molar-refractivity contribution in [2.45, 2.75) is 38.6 Å². The third-order valence-electron chi connectivity index (χ3n) is 4.97. The Kier molecular flexibility index (Phi) is 4.19.